The molecule has 1 saturated carbocycles. The normalized spacial score (nSPS) is 29.5. The largest absolute Gasteiger partial charge is 0.299 e. The zero-order valence-corrected chi connectivity index (χ0v) is 7.09. The molecule has 0 saturated heterocycles. The number of carbonyl (C=O) groups excluding carboxylic acids is 1. The molecule has 3 rings (SSSR count). The Morgan fingerprint density at radius 2 is 2.08 bits per heavy atom. The fraction of sp³-hybridized carbons (Fsp3) is 0.364. The van der Waals surface area contributed by atoms with Crippen molar-refractivity contribution in [3.63, 3.8) is 0 Å². The number of rotatable bonds is 0. The first-order valence-electron chi connectivity index (χ1n) is 4.57. The molecule has 0 aromatic heterocycles. The molecule has 1 nitrogen and oxygen atoms in total. The van der Waals surface area contributed by atoms with E-state index in [0.29, 0.717) is 18.1 Å². The van der Waals surface area contributed by atoms with Gasteiger partial charge >= 0.3 is 0 Å². The van der Waals surface area contributed by atoms with Crippen LogP contribution in [-0.4, -0.2) is 5.78 Å². The molecule has 2 aliphatic rings. The molecule has 13 heavy (non-hydrogen) atoms. The van der Waals surface area contributed by atoms with Crippen molar-refractivity contribution in [3.05, 3.63) is 35.1 Å². The summed E-state index contributed by atoms with van der Waals surface area (Å²) in [6.45, 7) is 0. The maximum absolute atomic E-state index is 12.8. The van der Waals surface area contributed by atoms with Crippen molar-refractivity contribution in [3.8, 4) is 0 Å². The summed E-state index contributed by atoms with van der Waals surface area (Å²) in [5.74, 6) is 0.744. The van der Waals surface area contributed by atoms with E-state index in [4.69, 9.17) is 0 Å². The first kappa shape index (κ1) is 7.25. The number of Topliss-reactive ketones (excluding diaryl/α,β-unsaturated/α-hetero) is 1. The first-order valence-corrected chi connectivity index (χ1v) is 4.57. The Labute approximate surface area is 75.6 Å². The maximum atomic E-state index is 12.8. The van der Waals surface area contributed by atoms with Crippen LogP contribution in [0.3, 0.4) is 0 Å². The molecule has 1 aromatic rings. The predicted molar refractivity (Wildman–Crippen MR) is 46.0 cm³/mol. The Hall–Kier alpha value is -1.18. The molecule has 0 bridgehead atoms. The van der Waals surface area contributed by atoms with Crippen LogP contribution in [0.1, 0.15) is 23.5 Å². The third-order valence-electron chi connectivity index (χ3n) is 3.26. The van der Waals surface area contributed by atoms with Crippen molar-refractivity contribution >= 4 is 5.78 Å². The molecule has 1 fully saturated rings. The minimum atomic E-state index is -0.188. The molecule has 0 heterocycles. The van der Waals surface area contributed by atoms with Crippen LogP contribution in [0.25, 0.3) is 0 Å². The van der Waals surface area contributed by atoms with Crippen LogP contribution in [0.5, 0.6) is 0 Å². The SMILES string of the molecule is O=C1C[C@@H]2c3ccc(F)cc3C[C@H]12. The molecule has 0 spiro atoms. The van der Waals surface area contributed by atoms with Crippen molar-refractivity contribution in [2.24, 2.45) is 5.92 Å². The van der Waals surface area contributed by atoms with Gasteiger partial charge in [0.15, 0.2) is 0 Å². The highest BCUT2D eigenvalue weighted by Crippen LogP contribution is 2.48. The standard InChI is InChI=1S/C11H9FO/c12-7-1-2-8-6(3-7)4-10-9(8)5-11(10)13/h1-3,9-10H,4-5H2/t9-,10+/m1/s1. The summed E-state index contributed by atoms with van der Waals surface area (Å²) in [5, 5.41) is 0. The molecule has 2 heteroatoms. The van der Waals surface area contributed by atoms with E-state index in [0.717, 1.165) is 12.0 Å². The Bertz CT molecular complexity index is 397. The lowest BCUT2D eigenvalue weighted by Crippen LogP contribution is -2.31. The van der Waals surface area contributed by atoms with Crippen molar-refractivity contribution in [2.75, 3.05) is 0 Å². The van der Waals surface area contributed by atoms with E-state index < -0.39 is 0 Å². The van der Waals surface area contributed by atoms with E-state index in [2.05, 4.69) is 0 Å². The molecule has 66 valence electrons. The second-order valence-corrected chi connectivity index (χ2v) is 3.93. The van der Waals surface area contributed by atoms with Gasteiger partial charge in [-0.3, -0.25) is 4.79 Å². The molecule has 0 radical (unpaired) electrons. The summed E-state index contributed by atoms with van der Waals surface area (Å²) in [6, 6.07) is 4.90. The number of hydrogen-bond donors (Lipinski definition) is 0. The zero-order chi connectivity index (χ0) is 9.00. The third-order valence-corrected chi connectivity index (χ3v) is 3.26. The fourth-order valence-corrected chi connectivity index (χ4v) is 2.51. The van der Waals surface area contributed by atoms with Gasteiger partial charge in [0.25, 0.3) is 0 Å². The average molecular weight is 176 g/mol. The first-order chi connectivity index (χ1) is 6.25. The van der Waals surface area contributed by atoms with Crippen molar-refractivity contribution in [1.82, 2.24) is 0 Å². The molecule has 0 amide bonds. The Balaban J connectivity index is 2.09. The highest BCUT2D eigenvalue weighted by atomic mass is 19.1. The second-order valence-electron chi connectivity index (χ2n) is 3.93. The molecule has 0 aliphatic heterocycles. The highest BCUT2D eigenvalue weighted by Gasteiger charge is 2.45. The molecule has 2 aliphatic carbocycles. The second kappa shape index (κ2) is 2.19. The van der Waals surface area contributed by atoms with E-state index in [1.54, 1.807) is 6.07 Å². The van der Waals surface area contributed by atoms with Crippen molar-refractivity contribution in [2.45, 2.75) is 18.8 Å². The van der Waals surface area contributed by atoms with Crippen molar-refractivity contribution in [1.29, 1.82) is 0 Å². The quantitative estimate of drug-likeness (QED) is 0.591. The Morgan fingerprint density at radius 3 is 2.85 bits per heavy atom. The summed E-state index contributed by atoms with van der Waals surface area (Å²) in [4.78, 5) is 11.2. The molecule has 0 unspecified atom stereocenters. The van der Waals surface area contributed by atoms with Gasteiger partial charge in [-0.15, -0.1) is 0 Å². The number of ketones is 1. The number of halogens is 1. The topological polar surface area (TPSA) is 17.1 Å². The number of fused-ring (bicyclic) bond motifs is 3. The van der Waals surface area contributed by atoms with E-state index in [-0.39, 0.29) is 11.7 Å². The Morgan fingerprint density at radius 1 is 1.23 bits per heavy atom. The monoisotopic (exact) mass is 176 g/mol. The number of carbonyl (C=O) groups is 1. The fourth-order valence-electron chi connectivity index (χ4n) is 2.51. The van der Waals surface area contributed by atoms with Gasteiger partial charge in [0.1, 0.15) is 11.6 Å². The van der Waals surface area contributed by atoms with Gasteiger partial charge < -0.3 is 0 Å². The molecule has 2 atom stereocenters. The van der Waals surface area contributed by atoms with E-state index >= 15 is 0 Å². The lowest BCUT2D eigenvalue weighted by Gasteiger charge is -2.28. The van der Waals surface area contributed by atoms with Gasteiger partial charge in [-0.05, 0) is 29.7 Å². The minimum absolute atomic E-state index is 0.178. The zero-order valence-electron chi connectivity index (χ0n) is 7.09. The third kappa shape index (κ3) is 0.831. The van der Waals surface area contributed by atoms with Gasteiger partial charge in [0, 0.05) is 18.3 Å². The van der Waals surface area contributed by atoms with Crippen molar-refractivity contribution < 1.29 is 9.18 Å². The van der Waals surface area contributed by atoms with E-state index in [9.17, 15) is 9.18 Å². The summed E-state index contributed by atoms with van der Waals surface area (Å²) in [7, 11) is 0. The van der Waals surface area contributed by atoms with E-state index in [1.807, 2.05) is 6.07 Å². The average Bonchev–Trinajstić information content (AvgIpc) is 2.39. The summed E-state index contributed by atoms with van der Waals surface area (Å²) in [6.07, 6.45) is 1.43. The summed E-state index contributed by atoms with van der Waals surface area (Å²) < 4.78 is 12.8. The summed E-state index contributed by atoms with van der Waals surface area (Å²) in [5.41, 5.74) is 2.24. The predicted octanol–water partition coefficient (Wildman–Crippen LogP) is 2.05. The lowest BCUT2D eigenvalue weighted by atomic mass is 9.73. The van der Waals surface area contributed by atoms with Gasteiger partial charge in [-0.2, -0.15) is 0 Å². The highest BCUT2D eigenvalue weighted by molar-refractivity contribution is 5.91. The van der Waals surface area contributed by atoms with Gasteiger partial charge in [0.05, 0.1) is 0 Å². The van der Waals surface area contributed by atoms with Gasteiger partial charge in [-0.1, -0.05) is 6.07 Å². The number of hydrogen-bond acceptors (Lipinski definition) is 1. The molecule has 0 N–H and O–H groups in total. The van der Waals surface area contributed by atoms with Crippen LogP contribution >= 0.6 is 0 Å². The van der Waals surface area contributed by atoms with Crippen LogP contribution in [0, 0.1) is 11.7 Å². The smallest absolute Gasteiger partial charge is 0.137 e. The van der Waals surface area contributed by atoms with Crippen LogP contribution in [0.2, 0.25) is 0 Å². The van der Waals surface area contributed by atoms with Crippen LogP contribution < -0.4 is 0 Å². The lowest BCUT2D eigenvalue weighted by molar-refractivity contribution is -0.130. The molecular weight excluding hydrogens is 167 g/mol. The Kier molecular flexibility index (Phi) is 1.22. The van der Waals surface area contributed by atoms with E-state index in [1.165, 1.54) is 11.6 Å². The number of benzene rings is 1. The van der Waals surface area contributed by atoms with Crippen LogP contribution in [-0.2, 0) is 11.2 Å². The van der Waals surface area contributed by atoms with Crippen LogP contribution in [0.15, 0.2) is 18.2 Å². The molecule has 1 aromatic carbocycles. The maximum Gasteiger partial charge on any atom is 0.137 e. The van der Waals surface area contributed by atoms with Gasteiger partial charge in [-0.25, -0.2) is 4.39 Å². The minimum Gasteiger partial charge on any atom is -0.299 e. The van der Waals surface area contributed by atoms with Crippen LogP contribution in [0.4, 0.5) is 4.39 Å². The molecular formula is C11H9FO. The van der Waals surface area contributed by atoms with Gasteiger partial charge in [0.2, 0.25) is 0 Å². The summed E-state index contributed by atoms with van der Waals surface area (Å²) >= 11 is 0.